The quantitative estimate of drug-likeness (QED) is 0.819. The molecule has 30 heavy (non-hydrogen) atoms. The van der Waals surface area contributed by atoms with E-state index in [0.717, 1.165) is 43.4 Å². The van der Waals surface area contributed by atoms with Crippen molar-refractivity contribution in [2.24, 2.45) is 11.8 Å². The molecule has 0 spiro atoms. The number of nitrogens with one attached hydrogen (secondary N) is 2. The Morgan fingerprint density at radius 2 is 1.53 bits per heavy atom. The molecule has 2 amide bonds. The maximum atomic E-state index is 13.0. The minimum atomic E-state index is -0.263. The summed E-state index contributed by atoms with van der Waals surface area (Å²) in [5.41, 5.74) is 2.27. The molecule has 2 aromatic heterocycles. The number of aromatic nitrogens is 2. The zero-order valence-corrected chi connectivity index (χ0v) is 17.6. The Kier molecular flexibility index (Phi) is 4.42. The Labute approximate surface area is 176 Å². The summed E-state index contributed by atoms with van der Waals surface area (Å²) < 4.78 is 0. The Bertz CT molecular complexity index is 987. The second-order valence-electron chi connectivity index (χ2n) is 9.81. The Hall–Kier alpha value is -2.76. The predicted octanol–water partition coefficient (Wildman–Crippen LogP) is 3.34. The van der Waals surface area contributed by atoms with Crippen LogP contribution >= 0.6 is 0 Å². The average Bonchev–Trinajstić information content (AvgIpc) is 2.66. The second-order valence-corrected chi connectivity index (χ2v) is 9.81. The number of carbonyl (C=O) groups excluding carboxylic acids is 2. The molecule has 4 fully saturated rings. The van der Waals surface area contributed by atoms with Gasteiger partial charge < -0.3 is 10.6 Å². The molecular weight excluding hydrogens is 376 g/mol. The van der Waals surface area contributed by atoms with Crippen LogP contribution in [-0.2, 0) is 0 Å². The first-order valence-electron chi connectivity index (χ1n) is 10.9. The van der Waals surface area contributed by atoms with Crippen molar-refractivity contribution in [3.8, 4) is 0 Å². The molecule has 4 aliphatic carbocycles. The van der Waals surface area contributed by atoms with Crippen LogP contribution in [0.1, 0.15) is 70.8 Å². The molecule has 0 radical (unpaired) electrons. The number of hydrogen-bond donors (Lipinski definition) is 2. The fourth-order valence-corrected chi connectivity index (χ4v) is 6.44. The van der Waals surface area contributed by atoms with Gasteiger partial charge in [-0.3, -0.25) is 14.6 Å². The van der Waals surface area contributed by atoms with E-state index in [1.165, 1.54) is 6.42 Å². The van der Waals surface area contributed by atoms with Crippen LogP contribution in [0.4, 0.5) is 0 Å². The molecule has 0 aliphatic heterocycles. The van der Waals surface area contributed by atoms with Crippen LogP contribution in [0.25, 0.3) is 0 Å². The lowest BCUT2D eigenvalue weighted by Crippen LogP contribution is -2.70. The third kappa shape index (κ3) is 3.48. The molecule has 6 rings (SSSR count). The number of hydrogen-bond acceptors (Lipinski definition) is 4. The van der Waals surface area contributed by atoms with Gasteiger partial charge in [0.15, 0.2) is 0 Å². The van der Waals surface area contributed by atoms with Gasteiger partial charge in [0.2, 0.25) is 0 Å². The molecule has 6 heteroatoms. The lowest BCUT2D eigenvalue weighted by atomic mass is 9.49. The summed E-state index contributed by atoms with van der Waals surface area (Å²) in [6, 6.07) is 9.23. The zero-order valence-electron chi connectivity index (χ0n) is 17.6. The average molecular weight is 405 g/mol. The van der Waals surface area contributed by atoms with E-state index in [1.54, 1.807) is 18.3 Å². The van der Waals surface area contributed by atoms with Crippen LogP contribution in [0.3, 0.4) is 0 Å². The molecule has 2 N–H and O–H groups in total. The highest BCUT2D eigenvalue weighted by Gasteiger charge is 2.58. The van der Waals surface area contributed by atoms with E-state index in [4.69, 9.17) is 0 Å². The molecule has 156 valence electrons. The van der Waals surface area contributed by atoms with Crippen LogP contribution in [0, 0.1) is 25.7 Å². The molecule has 2 unspecified atom stereocenters. The van der Waals surface area contributed by atoms with Crippen molar-refractivity contribution >= 4 is 11.8 Å². The number of aryl methyl sites for hydroxylation is 2. The summed E-state index contributed by atoms with van der Waals surface area (Å²) in [6.07, 6.45) is 7.65. The number of carbonyl (C=O) groups is 2. The van der Waals surface area contributed by atoms with Gasteiger partial charge in [-0.1, -0.05) is 12.1 Å². The molecule has 6 nitrogen and oxygen atoms in total. The Balaban J connectivity index is 1.37. The van der Waals surface area contributed by atoms with Gasteiger partial charge in [-0.2, -0.15) is 0 Å². The van der Waals surface area contributed by atoms with E-state index in [9.17, 15) is 9.59 Å². The first-order chi connectivity index (χ1) is 14.3. The number of amides is 2. The number of rotatable bonds is 4. The monoisotopic (exact) mass is 404 g/mol. The van der Waals surface area contributed by atoms with Gasteiger partial charge >= 0.3 is 0 Å². The third-order valence-corrected chi connectivity index (χ3v) is 7.08. The van der Waals surface area contributed by atoms with E-state index >= 15 is 0 Å². The smallest absolute Gasteiger partial charge is 0.270 e. The van der Waals surface area contributed by atoms with Crippen molar-refractivity contribution in [1.29, 1.82) is 0 Å². The van der Waals surface area contributed by atoms with Crippen molar-refractivity contribution in [2.75, 3.05) is 0 Å². The third-order valence-electron chi connectivity index (χ3n) is 7.08. The van der Waals surface area contributed by atoms with Crippen molar-refractivity contribution in [3.05, 3.63) is 59.2 Å². The maximum Gasteiger partial charge on any atom is 0.270 e. The van der Waals surface area contributed by atoms with Gasteiger partial charge in [-0.05, 0) is 88.0 Å². The van der Waals surface area contributed by atoms with Crippen LogP contribution in [0.15, 0.2) is 36.5 Å². The van der Waals surface area contributed by atoms with E-state index in [1.807, 2.05) is 32.0 Å². The first-order valence-corrected chi connectivity index (χ1v) is 10.9. The van der Waals surface area contributed by atoms with Gasteiger partial charge in [0, 0.05) is 23.0 Å². The van der Waals surface area contributed by atoms with Crippen molar-refractivity contribution in [2.45, 2.75) is 63.5 Å². The summed E-state index contributed by atoms with van der Waals surface area (Å²) in [5, 5.41) is 6.68. The highest BCUT2D eigenvalue weighted by Crippen LogP contribution is 2.57. The summed E-state index contributed by atoms with van der Waals surface area (Å²) in [5.74, 6) is 0.840. The summed E-state index contributed by atoms with van der Waals surface area (Å²) in [4.78, 5) is 34.6. The number of nitrogens with zero attached hydrogens (tertiary/aromatic N) is 2. The van der Waals surface area contributed by atoms with Gasteiger partial charge in [0.1, 0.15) is 11.4 Å². The van der Waals surface area contributed by atoms with E-state index in [0.29, 0.717) is 23.2 Å². The summed E-state index contributed by atoms with van der Waals surface area (Å²) in [6.45, 7) is 3.86. The molecule has 4 aliphatic rings. The van der Waals surface area contributed by atoms with Crippen LogP contribution < -0.4 is 10.6 Å². The van der Waals surface area contributed by atoms with E-state index in [-0.39, 0.29) is 22.9 Å². The minimum absolute atomic E-state index is 0.109. The van der Waals surface area contributed by atoms with Crippen molar-refractivity contribution in [1.82, 2.24) is 20.6 Å². The highest BCUT2D eigenvalue weighted by atomic mass is 16.2. The van der Waals surface area contributed by atoms with Crippen molar-refractivity contribution in [3.63, 3.8) is 0 Å². The van der Waals surface area contributed by atoms with Gasteiger partial charge in [-0.15, -0.1) is 0 Å². The second kappa shape index (κ2) is 6.89. The standard InChI is InChI=1S/C24H28N4O2/c1-15-6-7-19(25-13-15)21(29)27-23-9-17-8-18(10-23)12-24(11-17,14-23)28-22(30)20-5-3-4-16(2)26-20/h3-7,13,17-18H,8-12,14H2,1-2H3,(H,27,29)(H,28,30). The van der Waals surface area contributed by atoms with E-state index < -0.39 is 0 Å². The van der Waals surface area contributed by atoms with E-state index in [2.05, 4.69) is 20.6 Å². The molecular formula is C24H28N4O2. The highest BCUT2D eigenvalue weighted by molar-refractivity contribution is 5.93. The first kappa shape index (κ1) is 19.2. The lowest BCUT2D eigenvalue weighted by Gasteiger charge is -2.62. The Morgan fingerprint density at radius 1 is 0.900 bits per heavy atom. The normalized spacial score (nSPS) is 31.4. The van der Waals surface area contributed by atoms with Crippen LogP contribution in [0.2, 0.25) is 0 Å². The molecule has 2 heterocycles. The topological polar surface area (TPSA) is 84.0 Å². The Morgan fingerprint density at radius 3 is 2.10 bits per heavy atom. The summed E-state index contributed by atoms with van der Waals surface area (Å²) in [7, 11) is 0. The molecule has 0 aromatic carbocycles. The largest absolute Gasteiger partial charge is 0.345 e. The SMILES string of the molecule is Cc1ccc(C(=O)NC23CC4CC(C2)CC(NC(=O)c2cccc(C)n2)(C4)C3)nc1. The lowest BCUT2D eigenvalue weighted by molar-refractivity contribution is -0.0449. The fourth-order valence-electron chi connectivity index (χ4n) is 6.44. The van der Waals surface area contributed by atoms with Crippen LogP contribution in [-0.4, -0.2) is 32.9 Å². The van der Waals surface area contributed by atoms with Crippen molar-refractivity contribution < 1.29 is 9.59 Å². The molecule has 0 saturated heterocycles. The minimum Gasteiger partial charge on any atom is -0.345 e. The molecule has 4 saturated carbocycles. The zero-order chi connectivity index (χ0) is 20.9. The summed E-state index contributed by atoms with van der Waals surface area (Å²) >= 11 is 0. The van der Waals surface area contributed by atoms with Gasteiger partial charge in [-0.25, -0.2) is 4.98 Å². The number of pyridine rings is 2. The molecule has 2 atom stereocenters. The molecule has 2 aromatic rings. The fraction of sp³-hybridized carbons (Fsp3) is 0.500. The van der Waals surface area contributed by atoms with Gasteiger partial charge in [0.05, 0.1) is 0 Å². The maximum absolute atomic E-state index is 13.0. The van der Waals surface area contributed by atoms with Gasteiger partial charge in [0.25, 0.3) is 11.8 Å². The molecule has 4 bridgehead atoms. The van der Waals surface area contributed by atoms with Crippen LogP contribution in [0.5, 0.6) is 0 Å². The predicted molar refractivity (Wildman–Crippen MR) is 113 cm³/mol.